The molecule has 0 radical (unpaired) electrons. The highest BCUT2D eigenvalue weighted by Crippen LogP contribution is 2.12. The van der Waals surface area contributed by atoms with E-state index in [0.717, 1.165) is 10.9 Å². The largest absolute Gasteiger partial charge is 0.480 e. The quantitative estimate of drug-likeness (QED) is 0.478. The third kappa shape index (κ3) is 8.59. The molecule has 1 saturated heterocycles. The van der Waals surface area contributed by atoms with E-state index in [1.807, 2.05) is 30.3 Å². The molecule has 11 heteroatoms. The Morgan fingerprint density at radius 1 is 1.26 bits per heavy atom. The van der Waals surface area contributed by atoms with E-state index in [4.69, 9.17) is 16.6 Å². The fraction of sp³-hybridized carbons (Fsp3) is 0.312. The first-order valence-corrected chi connectivity index (χ1v) is 7.55. The van der Waals surface area contributed by atoms with Gasteiger partial charge in [-0.3, -0.25) is 14.6 Å². The zero-order chi connectivity index (χ0) is 17.5. The van der Waals surface area contributed by atoms with Crippen LogP contribution in [0, 0.1) is 0 Å². The van der Waals surface area contributed by atoms with Gasteiger partial charge in [-0.15, -0.1) is 37.2 Å². The van der Waals surface area contributed by atoms with E-state index in [-0.39, 0.29) is 55.7 Å². The number of hydrogen-bond acceptors (Lipinski definition) is 6. The summed E-state index contributed by atoms with van der Waals surface area (Å²) in [5.41, 5.74) is 12.4. The molecule has 1 aromatic carbocycles. The maximum Gasteiger partial charge on any atom is 0.320 e. The second kappa shape index (κ2) is 13.3. The molecule has 152 valence electrons. The van der Waals surface area contributed by atoms with Crippen molar-refractivity contribution in [3.8, 4) is 0 Å². The smallest absolute Gasteiger partial charge is 0.320 e. The van der Waals surface area contributed by atoms with Crippen LogP contribution in [0.15, 0.2) is 36.5 Å². The van der Waals surface area contributed by atoms with Gasteiger partial charge >= 0.3 is 5.97 Å². The Hall–Kier alpha value is -1.84. The molecule has 27 heavy (non-hydrogen) atoms. The highest BCUT2D eigenvalue weighted by atomic mass is 35.5. The van der Waals surface area contributed by atoms with Gasteiger partial charge in [0.05, 0.1) is 23.9 Å². The molecule has 2 heterocycles. The number of hydrogen-bond donors (Lipinski definition) is 5. The number of nitrogens with zero attached hydrogens (tertiary/aromatic N) is 1. The lowest BCUT2D eigenvalue weighted by atomic mass is 10.2. The highest BCUT2D eigenvalue weighted by molar-refractivity contribution is 5.86. The summed E-state index contributed by atoms with van der Waals surface area (Å²) in [5.74, 6) is -1.14. The number of nitrogen functional groups attached to an aromatic ring is 1. The van der Waals surface area contributed by atoms with Gasteiger partial charge in [0.1, 0.15) is 6.04 Å². The minimum Gasteiger partial charge on any atom is -0.480 e. The van der Waals surface area contributed by atoms with Crippen molar-refractivity contribution in [3.05, 3.63) is 36.5 Å². The fourth-order valence-electron chi connectivity index (χ4n) is 2.41. The van der Waals surface area contributed by atoms with Crippen LogP contribution in [0.3, 0.4) is 0 Å². The van der Waals surface area contributed by atoms with Crippen molar-refractivity contribution in [1.29, 1.82) is 0 Å². The van der Waals surface area contributed by atoms with Crippen LogP contribution in [0.1, 0.15) is 6.42 Å². The second-order valence-electron chi connectivity index (χ2n) is 5.46. The SMILES string of the molecule is Cl.Cl.Cl.NCC(=O)N[C@H]1CN[C@H](C(=O)O)C1.Nc1cnc2ccccc2c1. The van der Waals surface area contributed by atoms with Gasteiger partial charge in [0.15, 0.2) is 0 Å². The Bertz CT molecular complexity index is 735. The maximum atomic E-state index is 10.8. The molecule has 0 unspecified atom stereocenters. The van der Waals surface area contributed by atoms with Crippen molar-refractivity contribution in [2.45, 2.75) is 18.5 Å². The normalized spacial score (nSPS) is 17.2. The summed E-state index contributed by atoms with van der Waals surface area (Å²) in [5, 5.41) is 15.1. The van der Waals surface area contributed by atoms with Crippen molar-refractivity contribution >= 4 is 65.7 Å². The molecule has 1 amide bonds. The molecule has 1 fully saturated rings. The summed E-state index contributed by atoms with van der Waals surface area (Å²) in [4.78, 5) is 25.5. The first-order chi connectivity index (χ1) is 11.5. The summed E-state index contributed by atoms with van der Waals surface area (Å²) in [6.07, 6.45) is 2.09. The van der Waals surface area contributed by atoms with Gasteiger partial charge in [0.25, 0.3) is 0 Å². The van der Waals surface area contributed by atoms with Crippen LogP contribution in [0.25, 0.3) is 10.9 Å². The third-order valence-corrected chi connectivity index (χ3v) is 3.59. The number of amides is 1. The number of carbonyl (C=O) groups is 2. The van der Waals surface area contributed by atoms with Gasteiger partial charge in [-0.1, -0.05) is 18.2 Å². The molecule has 0 spiro atoms. The number of carboxylic acid groups (broad SMARTS) is 1. The van der Waals surface area contributed by atoms with Gasteiger partial charge in [0, 0.05) is 18.0 Å². The number of benzene rings is 1. The number of aromatic nitrogens is 1. The average molecular weight is 441 g/mol. The molecular formula is C16H24Cl3N5O3. The molecule has 0 aliphatic carbocycles. The van der Waals surface area contributed by atoms with Crippen LogP contribution in [0.4, 0.5) is 5.69 Å². The lowest BCUT2D eigenvalue weighted by Gasteiger charge is -2.09. The van der Waals surface area contributed by atoms with Crippen molar-refractivity contribution in [2.75, 3.05) is 18.8 Å². The Morgan fingerprint density at radius 3 is 2.52 bits per heavy atom. The molecular weight excluding hydrogens is 417 g/mol. The van der Waals surface area contributed by atoms with Crippen molar-refractivity contribution in [1.82, 2.24) is 15.6 Å². The number of halogens is 3. The van der Waals surface area contributed by atoms with E-state index >= 15 is 0 Å². The average Bonchev–Trinajstić information content (AvgIpc) is 3.04. The topological polar surface area (TPSA) is 143 Å². The summed E-state index contributed by atoms with van der Waals surface area (Å²) >= 11 is 0. The second-order valence-corrected chi connectivity index (χ2v) is 5.46. The van der Waals surface area contributed by atoms with Crippen LogP contribution in [-0.4, -0.2) is 47.1 Å². The van der Waals surface area contributed by atoms with E-state index < -0.39 is 12.0 Å². The number of nitrogens with one attached hydrogen (secondary N) is 2. The first kappa shape index (κ1) is 27.4. The van der Waals surface area contributed by atoms with Crippen molar-refractivity contribution in [3.63, 3.8) is 0 Å². The number of fused-ring (bicyclic) bond motifs is 1. The Labute approximate surface area is 175 Å². The van der Waals surface area contributed by atoms with Crippen LogP contribution < -0.4 is 22.1 Å². The lowest BCUT2D eigenvalue weighted by molar-refractivity contribution is -0.139. The molecule has 1 aliphatic rings. The van der Waals surface area contributed by atoms with E-state index in [1.165, 1.54) is 0 Å². The van der Waals surface area contributed by atoms with Crippen molar-refractivity contribution < 1.29 is 14.7 Å². The summed E-state index contributed by atoms with van der Waals surface area (Å²) in [6.45, 7) is 0.428. The minimum absolute atomic E-state index is 0. The fourth-order valence-corrected chi connectivity index (χ4v) is 2.41. The number of aliphatic carboxylic acids is 1. The number of pyridine rings is 1. The minimum atomic E-state index is -0.885. The van der Waals surface area contributed by atoms with E-state index in [1.54, 1.807) is 6.20 Å². The lowest BCUT2D eigenvalue weighted by Crippen LogP contribution is -2.39. The molecule has 1 aliphatic heterocycles. The Morgan fingerprint density at radius 2 is 1.93 bits per heavy atom. The third-order valence-electron chi connectivity index (χ3n) is 3.59. The van der Waals surface area contributed by atoms with Crippen LogP contribution in [0.5, 0.6) is 0 Å². The van der Waals surface area contributed by atoms with Crippen LogP contribution in [-0.2, 0) is 9.59 Å². The molecule has 0 bridgehead atoms. The molecule has 0 saturated carbocycles. The van der Waals surface area contributed by atoms with Gasteiger partial charge in [-0.2, -0.15) is 0 Å². The molecule has 8 nitrogen and oxygen atoms in total. The molecule has 2 atom stereocenters. The molecule has 3 rings (SSSR count). The Balaban J connectivity index is 0. The number of nitrogens with two attached hydrogens (primary N) is 2. The highest BCUT2D eigenvalue weighted by Gasteiger charge is 2.29. The van der Waals surface area contributed by atoms with E-state index in [9.17, 15) is 9.59 Å². The first-order valence-electron chi connectivity index (χ1n) is 7.55. The van der Waals surface area contributed by atoms with Gasteiger partial charge in [-0.25, -0.2) is 0 Å². The number of carboxylic acids is 1. The zero-order valence-corrected chi connectivity index (χ0v) is 16.8. The number of para-hydroxylation sites is 1. The number of anilines is 1. The van der Waals surface area contributed by atoms with Crippen molar-refractivity contribution in [2.24, 2.45) is 5.73 Å². The van der Waals surface area contributed by atoms with Gasteiger partial charge in [-0.05, 0) is 18.6 Å². The molecule has 1 aromatic heterocycles. The maximum absolute atomic E-state index is 10.8. The summed E-state index contributed by atoms with van der Waals surface area (Å²) in [7, 11) is 0. The van der Waals surface area contributed by atoms with Crippen LogP contribution in [0.2, 0.25) is 0 Å². The summed E-state index contributed by atoms with van der Waals surface area (Å²) in [6, 6.07) is 9.16. The predicted octanol–water partition coefficient (Wildman–Crippen LogP) is 0.959. The van der Waals surface area contributed by atoms with Gasteiger partial charge < -0.3 is 27.2 Å². The summed E-state index contributed by atoms with van der Waals surface area (Å²) < 4.78 is 0. The van der Waals surface area contributed by atoms with Gasteiger partial charge in [0.2, 0.25) is 5.91 Å². The number of carbonyl (C=O) groups excluding carboxylic acids is 1. The zero-order valence-electron chi connectivity index (χ0n) is 14.3. The Kier molecular flexibility index (Phi) is 13.5. The number of rotatable bonds is 3. The van der Waals surface area contributed by atoms with E-state index in [2.05, 4.69) is 15.6 Å². The van der Waals surface area contributed by atoms with Crippen LogP contribution >= 0.6 is 37.2 Å². The predicted molar refractivity (Wildman–Crippen MR) is 113 cm³/mol. The molecule has 7 N–H and O–H groups in total. The molecule has 2 aromatic rings. The monoisotopic (exact) mass is 439 g/mol. The standard InChI is InChI=1S/C9H8N2.C7H13N3O3.3ClH/c10-8-5-7-3-1-2-4-9(7)11-6-8;8-2-6(11)10-4-1-5(7(12)13)9-3-4;;;/h1-6H,10H2;4-5,9H,1-3,8H2,(H,10,11)(H,12,13);3*1H/t;4-,5+;;;/m.1.../s1. The van der Waals surface area contributed by atoms with E-state index in [0.29, 0.717) is 18.7 Å².